The number of hydrogen-bond acceptors (Lipinski definition) is 4. The minimum absolute atomic E-state index is 0.226. The first kappa shape index (κ1) is 22.2. The van der Waals surface area contributed by atoms with Gasteiger partial charge in [-0.05, 0) is 60.7 Å². The van der Waals surface area contributed by atoms with Crippen molar-refractivity contribution < 1.29 is 22.0 Å². The van der Waals surface area contributed by atoms with E-state index in [-0.39, 0.29) is 11.5 Å². The van der Waals surface area contributed by atoms with E-state index in [1.807, 2.05) is 4.90 Å². The number of aliphatic imine (C=N–C) groups is 1. The predicted octanol–water partition coefficient (Wildman–Crippen LogP) is 5.70. The Bertz CT molecular complexity index is 1210. The number of hydrogen-bond donors (Lipinski definition) is 0. The summed E-state index contributed by atoms with van der Waals surface area (Å²) in [6, 6.07) is 15.2. The third-order valence-electron chi connectivity index (χ3n) is 5.80. The van der Waals surface area contributed by atoms with E-state index in [9.17, 15) is 22.0 Å². The molecule has 34 heavy (non-hydrogen) atoms. The van der Waals surface area contributed by atoms with Crippen LogP contribution in [0.4, 0.5) is 39.0 Å². The van der Waals surface area contributed by atoms with E-state index in [2.05, 4.69) is 16.4 Å². The number of alkyl halides is 3. The SMILES string of the molecule is Fc1ccc(N2CCN(C3=Nc4ccc(F)cc4[C]N3c3cccc(C(F)(F)F)c3)CC2)cc1. The molecule has 0 amide bonds. The second kappa shape index (κ2) is 8.62. The van der Waals surface area contributed by atoms with E-state index in [0.717, 1.165) is 17.8 Å². The molecule has 0 atom stereocenters. The van der Waals surface area contributed by atoms with Crippen molar-refractivity contribution in [2.75, 3.05) is 36.0 Å². The molecule has 0 bridgehead atoms. The fourth-order valence-corrected chi connectivity index (χ4v) is 4.05. The van der Waals surface area contributed by atoms with E-state index in [1.165, 1.54) is 47.4 Å². The number of piperazine rings is 1. The Balaban J connectivity index is 1.45. The summed E-state index contributed by atoms with van der Waals surface area (Å²) in [4.78, 5) is 10.2. The highest BCUT2D eigenvalue weighted by molar-refractivity contribution is 6.01. The van der Waals surface area contributed by atoms with Crippen LogP contribution in [-0.2, 0) is 6.18 Å². The number of benzene rings is 3. The first-order chi connectivity index (χ1) is 16.3. The number of nitrogens with zero attached hydrogens (tertiary/aromatic N) is 4. The summed E-state index contributed by atoms with van der Waals surface area (Å²) in [5.74, 6) is -0.379. The van der Waals surface area contributed by atoms with E-state index >= 15 is 0 Å². The third kappa shape index (κ3) is 4.42. The maximum atomic E-state index is 13.8. The molecule has 174 valence electrons. The zero-order valence-corrected chi connectivity index (χ0v) is 17.9. The molecule has 2 radical (unpaired) electrons. The molecule has 2 aliphatic rings. The summed E-state index contributed by atoms with van der Waals surface area (Å²) in [5.41, 5.74) is 1.16. The van der Waals surface area contributed by atoms with E-state index in [4.69, 9.17) is 0 Å². The highest BCUT2D eigenvalue weighted by atomic mass is 19.4. The molecule has 1 saturated heterocycles. The largest absolute Gasteiger partial charge is 0.416 e. The minimum Gasteiger partial charge on any atom is -0.368 e. The Morgan fingerprint density at radius 3 is 2.12 bits per heavy atom. The average molecular weight is 470 g/mol. The van der Waals surface area contributed by atoms with Crippen LogP contribution in [0.3, 0.4) is 0 Å². The number of rotatable bonds is 2. The second-order valence-corrected chi connectivity index (χ2v) is 8.02. The molecule has 0 saturated carbocycles. The van der Waals surface area contributed by atoms with Gasteiger partial charge in [0.1, 0.15) is 18.2 Å². The van der Waals surface area contributed by atoms with Crippen LogP contribution in [0.1, 0.15) is 11.1 Å². The molecule has 5 rings (SSSR count). The molecule has 2 heterocycles. The van der Waals surface area contributed by atoms with Crippen molar-refractivity contribution in [2.24, 2.45) is 4.99 Å². The standard InChI is InChI=1S/C25H19F5N4/c26-19-4-7-21(8-5-19)32-10-12-33(13-11-32)24-31-23-9-6-20(27)14-17(23)16-34(24)22-3-1-2-18(15-22)25(28,29)30/h1-9,14-15H,10-13H2. The van der Waals surface area contributed by atoms with Crippen LogP contribution in [0.15, 0.2) is 71.7 Å². The van der Waals surface area contributed by atoms with Crippen molar-refractivity contribution in [3.8, 4) is 0 Å². The summed E-state index contributed by atoms with van der Waals surface area (Å²) in [7, 11) is 0. The topological polar surface area (TPSA) is 22.1 Å². The molecule has 4 nitrogen and oxygen atoms in total. The molecule has 0 N–H and O–H groups in total. The third-order valence-corrected chi connectivity index (χ3v) is 5.80. The lowest BCUT2D eigenvalue weighted by Gasteiger charge is -2.41. The number of halogens is 5. The van der Waals surface area contributed by atoms with Gasteiger partial charge in [0.2, 0.25) is 5.96 Å². The number of anilines is 2. The zero-order valence-electron chi connectivity index (χ0n) is 17.9. The first-order valence-corrected chi connectivity index (χ1v) is 10.7. The Labute approximate surface area is 193 Å². The molecular formula is C25H19F5N4. The minimum atomic E-state index is -4.51. The number of guanidine groups is 1. The van der Waals surface area contributed by atoms with Gasteiger partial charge in [0, 0.05) is 43.1 Å². The van der Waals surface area contributed by atoms with Crippen LogP contribution >= 0.6 is 0 Å². The molecule has 1 fully saturated rings. The second-order valence-electron chi connectivity index (χ2n) is 8.02. The predicted molar refractivity (Wildman–Crippen MR) is 120 cm³/mol. The van der Waals surface area contributed by atoms with Gasteiger partial charge in [-0.25, -0.2) is 13.8 Å². The summed E-state index contributed by atoms with van der Waals surface area (Å²) in [6.07, 6.45) is -4.51. The van der Waals surface area contributed by atoms with Crippen LogP contribution in [0.25, 0.3) is 0 Å². The van der Waals surface area contributed by atoms with Crippen LogP contribution in [0, 0.1) is 18.2 Å². The van der Waals surface area contributed by atoms with Gasteiger partial charge in [-0.2, -0.15) is 13.2 Å². The smallest absolute Gasteiger partial charge is 0.368 e. The van der Waals surface area contributed by atoms with Crippen LogP contribution in [0.5, 0.6) is 0 Å². The maximum absolute atomic E-state index is 13.8. The summed E-state index contributed by atoms with van der Waals surface area (Å²) in [5, 5.41) is 0. The Kier molecular flexibility index (Phi) is 5.63. The first-order valence-electron chi connectivity index (χ1n) is 10.7. The fourth-order valence-electron chi connectivity index (χ4n) is 4.05. The molecule has 0 unspecified atom stereocenters. The molecule has 0 aromatic heterocycles. The van der Waals surface area contributed by atoms with Gasteiger partial charge in [-0.1, -0.05) is 6.07 Å². The molecule has 3 aromatic rings. The lowest BCUT2D eigenvalue weighted by atomic mass is 10.1. The van der Waals surface area contributed by atoms with Crippen molar-refractivity contribution in [3.05, 3.63) is 96.0 Å². The van der Waals surface area contributed by atoms with Crippen molar-refractivity contribution in [2.45, 2.75) is 6.18 Å². The van der Waals surface area contributed by atoms with E-state index < -0.39 is 17.6 Å². The van der Waals surface area contributed by atoms with Gasteiger partial charge in [-0.3, -0.25) is 4.90 Å². The maximum Gasteiger partial charge on any atom is 0.416 e. The average Bonchev–Trinajstić information content (AvgIpc) is 2.83. The quantitative estimate of drug-likeness (QED) is 0.449. The molecule has 3 aromatic carbocycles. The number of fused-ring (bicyclic) bond motifs is 1. The normalized spacial score (nSPS) is 16.4. The Morgan fingerprint density at radius 1 is 0.735 bits per heavy atom. The van der Waals surface area contributed by atoms with Crippen molar-refractivity contribution in [1.29, 1.82) is 0 Å². The van der Waals surface area contributed by atoms with Gasteiger partial charge in [0.15, 0.2) is 0 Å². The van der Waals surface area contributed by atoms with Crippen molar-refractivity contribution >= 4 is 23.0 Å². The lowest BCUT2D eigenvalue weighted by molar-refractivity contribution is -0.137. The van der Waals surface area contributed by atoms with Gasteiger partial charge in [0.25, 0.3) is 0 Å². The van der Waals surface area contributed by atoms with E-state index in [1.54, 1.807) is 12.1 Å². The molecule has 0 aliphatic carbocycles. The fraction of sp³-hybridized carbons (Fsp3) is 0.200. The Hall–Kier alpha value is -3.62. The van der Waals surface area contributed by atoms with Gasteiger partial charge < -0.3 is 9.80 Å². The van der Waals surface area contributed by atoms with E-state index in [0.29, 0.717) is 43.4 Å². The van der Waals surface area contributed by atoms with Gasteiger partial charge >= 0.3 is 6.18 Å². The van der Waals surface area contributed by atoms with Crippen molar-refractivity contribution in [1.82, 2.24) is 4.90 Å². The molecule has 2 aliphatic heterocycles. The monoisotopic (exact) mass is 470 g/mol. The summed E-state index contributed by atoms with van der Waals surface area (Å²) in [6.45, 7) is 5.31. The molecular weight excluding hydrogens is 451 g/mol. The zero-order chi connectivity index (χ0) is 23.9. The Morgan fingerprint density at radius 2 is 1.41 bits per heavy atom. The highest BCUT2D eigenvalue weighted by Gasteiger charge is 2.33. The summed E-state index contributed by atoms with van der Waals surface area (Å²) < 4.78 is 67.1. The van der Waals surface area contributed by atoms with Crippen molar-refractivity contribution in [3.63, 3.8) is 0 Å². The molecule has 0 spiro atoms. The summed E-state index contributed by atoms with van der Waals surface area (Å²) >= 11 is 0. The van der Waals surface area contributed by atoms with Crippen LogP contribution in [0.2, 0.25) is 0 Å². The molecule has 9 heteroatoms. The van der Waals surface area contributed by atoms with Crippen LogP contribution in [-0.4, -0.2) is 37.0 Å². The lowest BCUT2D eigenvalue weighted by Crippen LogP contribution is -2.54. The van der Waals surface area contributed by atoms with Gasteiger partial charge in [0.05, 0.1) is 11.3 Å². The van der Waals surface area contributed by atoms with Crippen LogP contribution < -0.4 is 9.80 Å². The van der Waals surface area contributed by atoms with Gasteiger partial charge in [-0.15, -0.1) is 0 Å². The highest BCUT2D eigenvalue weighted by Crippen LogP contribution is 2.36.